The van der Waals surface area contributed by atoms with E-state index in [2.05, 4.69) is 20.7 Å². The average Bonchev–Trinajstić information content (AvgIpc) is 3.05. The highest BCUT2D eigenvalue weighted by atomic mass is 16.5. The second kappa shape index (κ2) is 5.16. The van der Waals surface area contributed by atoms with Gasteiger partial charge in [-0.2, -0.15) is 0 Å². The van der Waals surface area contributed by atoms with Gasteiger partial charge in [0, 0.05) is 11.6 Å². The van der Waals surface area contributed by atoms with Gasteiger partial charge in [-0.3, -0.25) is 0 Å². The quantitative estimate of drug-likeness (QED) is 0.785. The summed E-state index contributed by atoms with van der Waals surface area (Å²) < 4.78 is 10.6. The van der Waals surface area contributed by atoms with Crippen LogP contribution in [0.5, 0.6) is 0 Å². The molecular formula is C14H14N4O2. The Morgan fingerprint density at radius 3 is 2.80 bits per heavy atom. The standard InChI is InChI=1S/C14H14N4O2/c1-9-4-3-5-11(6-9)14-17-16-13(19-14)8-15-12-7-10(2)20-18-12/h3-7H,8H2,1-2H3,(H,15,18). The number of hydrogen-bond acceptors (Lipinski definition) is 6. The van der Waals surface area contributed by atoms with E-state index in [1.54, 1.807) is 6.07 Å². The summed E-state index contributed by atoms with van der Waals surface area (Å²) in [5.41, 5.74) is 2.07. The summed E-state index contributed by atoms with van der Waals surface area (Å²) >= 11 is 0. The molecule has 0 radical (unpaired) electrons. The molecule has 0 aliphatic carbocycles. The molecule has 6 heteroatoms. The summed E-state index contributed by atoms with van der Waals surface area (Å²) in [5.74, 6) is 2.42. The van der Waals surface area contributed by atoms with Crippen LogP contribution in [0.3, 0.4) is 0 Å². The van der Waals surface area contributed by atoms with Gasteiger partial charge in [-0.25, -0.2) is 0 Å². The molecule has 0 bridgehead atoms. The smallest absolute Gasteiger partial charge is 0.247 e. The summed E-state index contributed by atoms with van der Waals surface area (Å²) in [4.78, 5) is 0. The molecule has 2 aromatic heterocycles. The van der Waals surface area contributed by atoms with Crippen LogP contribution in [0.4, 0.5) is 5.82 Å². The van der Waals surface area contributed by atoms with E-state index in [0.717, 1.165) is 16.9 Å². The third kappa shape index (κ3) is 2.69. The molecular weight excluding hydrogens is 256 g/mol. The summed E-state index contributed by atoms with van der Waals surface area (Å²) in [6, 6.07) is 9.74. The molecule has 1 aromatic carbocycles. The SMILES string of the molecule is Cc1cccc(-c2nnc(CNc3cc(C)on3)o2)c1. The molecule has 102 valence electrons. The van der Waals surface area contributed by atoms with E-state index >= 15 is 0 Å². The van der Waals surface area contributed by atoms with Crippen LogP contribution in [0.25, 0.3) is 11.5 Å². The average molecular weight is 270 g/mol. The van der Waals surface area contributed by atoms with Gasteiger partial charge in [-0.1, -0.05) is 22.9 Å². The lowest BCUT2D eigenvalue weighted by atomic mass is 10.1. The molecule has 2 heterocycles. The van der Waals surface area contributed by atoms with Crippen LogP contribution in [-0.4, -0.2) is 15.4 Å². The largest absolute Gasteiger partial charge is 0.419 e. The maximum Gasteiger partial charge on any atom is 0.247 e. The van der Waals surface area contributed by atoms with E-state index in [4.69, 9.17) is 8.94 Å². The highest BCUT2D eigenvalue weighted by Gasteiger charge is 2.09. The van der Waals surface area contributed by atoms with E-state index < -0.39 is 0 Å². The Kier molecular flexibility index (Phi) is 3.20. The fourth-order valence-electron chi connectivity index (χ4n) is 1.84. The third-order valence-corrected chi connectivity index (χ3v) is 2.78. The fourth-order valence-corrected chi connectivity index (χ4v) is 1.84. The maximum atomic E-state index is 5.61. The van der Waals surface area contributed by atoms with Crippen LogP contribution in [0, 0.1) is 13.8 Å². The highest BCUT2D eigenvalue weighted by molar-refractivity contribution is 5.53. The zero-order valence-corrected chi connectivity index (χ0v) is 11.3. The summed E-state index contributed by atoms with van der Waals surface area (Å²) in [6.07, 6.45) is 0. The van der Waals surface area contributed by atoms with Crippen molar-refractivity contribution in [3.05, 3.63) is 47.5 Å². The van der Waals surface area contributed by atoms with Crippen LogP contribution in [0.1, 0.15) is 17.2 Å². The van der Waals surface area contributed by atoms with Gasteiger partial charge in [0.05, 0.1) is 6.54 Å². The van der Waals surface area contributed by atoms with Gasteiger partial charge < -0.3 is 14.3 Å². The minimum Gasteiger partial charge on any atom is -0.419 e. The van der Waals surface area contributed by atoms with Gasteiger partial charge in [-0.15, -0.1) is 10.2 Å². The van der Waals surface area contributed by atoms with E-state index in [-0.39, 0.29) is 0 Å². The topological polar surface area (TPSA) is 77.0 Å². The lowest BCUT2D eigenvalue weighted by Gasteiger charge is -1.97. The number of aryl methyl sites for hydroxylation is 2. The normalized spacial score (nSPS) is 10.7. The third-order valence-electron chi connectivity index (χ3n) is 2.78. The predicted molar refractivity (Wildman–Crippen MR) is 73.0 cm³/mol. The first kappa shape index (κ1) is 12.4. The molecule has 0 spiro atoms. The molecule has 0 fully saturated rings. The van der Waals surface area contributed by atoms with Crippen molar-refractivity contribution in [1.29, 1.82) is 0 Å². The van der Waals surface area contributed by atoms with E-state index in [0.29, 0.717) is 24.1 Å². The van der Waals surface area contributed by atoms with Crippen LogP contribution >= 0.6 is 0 Å². The zero-order chi connectivity index (χ0) is 13.9. The van der Waals surface area contributed by atoms with Crippen molar-refractivity contribution in [2.75, 3.05) is 5.32 Å². The van der Waals surface area contributed by atoms with Crippen LogP contribution in [-0.2, 0) is 6.54 Å². The predicted octanol–water partition coefficient (Wildman–Crippen LogP) is 2.95. The maximum absolute atomic E-state index is 5.61. The number of hydrogen-bond donors (Lipinski definition) is 1. The summed E-state index contributed by atoms with van der Waals surface area (Å²) in [5, 5.41) is 14.9. The number of benzene rings is 1. The lowest BCUT2D eigenvalue weighted by Crippen LogP contribution is -1.99. The first-order chi connectivity index (χ1) is 9.70. The molecule has 0 atom stereocenters. The Morgan fingerprint density at radius 2 is 2.05 bits per heavy atom. The van der Waals surface area contributed by atoms with Crippen molar-refractivity contribution in [3.63, 3.8) is 0 Å². The van der Waals surface area contributed by atoms with Crippen molar-refractivity contribution >= 4 is 5.82 Å². The number of aromatic nitrogens is 3. The molecule has 3 rings (SSSR count). The molecule has 0 saturated carbocycles. The molecule has 0 amide bonds. The molecule has 0 unspecified atom stereocenters. The number of nitrogens with zero attached hydrogens (tertiary/aromatic N) is 3. The molecule has 0 saturated heterocycles. The Bertz CT molecular complexity index is 717. The summed E-state index contributed by atoms with van der Waals surface area (Å²) in [6.45, 7) is 4.26. The van der Waals surface area contributed by atoms with Gasteiger partial charge in [0.1, 0.15) is 5.76 Å². The number of nitrogens with one attached hydrogen (secondary N) is 1. The Morgan fingerprint density at radius 1 is 1.15 bits per heavy atom. The fraction of sp³-hybridized carbons (Fsp3) is 0.214. The molecule has 20 heavy (non-hydrogen) atoms. The molecule has 0 aliphatic rings. The Balaban J connectivity index is 1.70. The van der Waals surface area contributed by atoms with Crippen LogP contribution in [0.15, 0.2) is 39.3 Å². The van der Waals surface area contributed by atoms with E-state index in [1.807, 2.05) is 38.1 Å². The first-order valence-electron chi connectivity index (χ1n) is 6.27. The van der Waals surface area contributed by atoms with Crippen molar-refractivity contribution in [3.8, 4) is 11.5 Å². The Hall–Kier alpha value is -2.63. The van der Waals surface area contributed by atoms with Crippen molar-refractivity contribution in [1.82, 2.24) is 15.4 Å². The molecule has 3 aromatic rings. The van der Waals surface area contributed by atoms with Gasteiger partial charge in [0.15, 0.2) is 5.82 Å². The van der Waals surface area contributed by atoms with Crippen LogP contribution < -0.4 is 5.32 Å². The van der Waals surface area contributed by atoms with Crippen molar-refractivity contribution in [2.24, 2.45) is 0 Å². The van der Waals surface area contributed by atoms with Gasteiger partial charge in [0.2, 0.25) is 11.8 Å². The monoisotopic (exact) mass is 270 g/mol. The van der Waals surface area contributed by atoms with Gasteiger partial charge in [0.25, 0.3) is 0 Å². The minimum absolute atomic E-state index is 0.408. The van der Waals surface area contributed by atoms with Crippen LogP contribution in [0.2, 0.25) is 0 Å². The van der Waals surface area contributed by atoms with Gasteiger partial charge in [-0.05, 0) is 26.0 Å². The zero-order valence-electron chi connectivity index (χ0n) is 11.3. The lowest BCUT2D eigenvalue weighted by molar-refractivity contribution is 0.399. The molecule has 1 N–H and O–H groups in total. The second-order valence-corrected chi connectivity index (χ2v) is 4.55. The van der Waals surface area contributed by atoms with E-state index in [9.17, 15) is 0 Å². The van der Waals surface area contributed by atoms with Crippen molar-refractivity contribution < 1.29 is 8.94 Å². The first-order valence-corrected chi connectivity index (χ1v) is 6.27. The molecule has 0 aliphatic heterocycles. The molecule has 6 nitrogen and oxygen atoms in total. The summed E-state index contributed by atoms with van der Waals surface area (Å²) in [7, 11) is 0. The highest BCUT2D eigenvalue weighted by Crippen LogP contribution is 2.19. The second-order valence-electron chi connectivity index (χ2n) is 4.55. The minimum atomic E-state index is 0.408. The number of anilines is 1. The number of rotatable bonds is 4. The van der Waals surface area contributed by atoms with Gasteiger partial charge >= 0.3 is 0 Å². The Labute approximate surface area is 115 Å². The van der Waals surface area contributed by atoms with E-state index in [1.165, 1.54) is 0 Å². The van der Waals surface area contributed by atoms with Crippen molar-refractivity contribution in [2.45, 2.75) is 20.4 Å².